The highest BCUT2D eigenvalue weighted by Crippen LogP contribution is 2.26. The van der Waals surface area contributed by atoms with Crippen LogP contribution in [-0.2, 0) is 13.0 Å². The molecule has 2 N–H and O–H groups in total. The van der Waals surface area contributed by atoms with Gasteiger partial charge in [-0.15, -0.1) is 0 Å². The van der Waals surface area contributed by atoms with E-state index in [1.165, 1.54) is 4.90 Å². The first-order valence-corrected chi connectivity index (χ1v) is 7.85. The lowest BCUT2D eigenvalue weighted by Gasteiger charge is -2.40. The minimum Gasteiger partial charge on any atom is -0.465 e. The first-order valence-electron chi connectivity index (χ1n) is 7.85. The van der Waals surface area contributed by atoms with Gasteiger partial charge in [-0.3, -0.25) is 0 Å². The van der Waals surface area contributed by atoms with Crippen LogP contribution in [0.1, 0.15) is 24.1 Å². The highest BCUT2D eigenvalue weighted by molar-refractivity contribution is 5.66. The van der Waals surface area contributed by atoms with Crippen LogP contribution >= 0.6 is 0 Å². The molecule has 2 aliphatic rings. The summed E-state index contributed by atoms with van der Waals surface area (Å²) in [5, 5.41) is 21.6. The molecule has 1 aromatic heterocycles. The Morgan fingerprint density at radius 3 is 3.13 bits per heavy atom. The number of anilines is 1. The van der Waals surface area contributed by atoms with Crippen LogP contribution in [0.15, 0.2) is 6.33 Å². The van der Waals surface area contributed by atoms with Crippen LogP contribution in [0.25, 0.3) is 0 Å². The second kappa shape index (κ2) is 6.79. The predicted octanol–water partition coefficient (Wildman–Crippen LogP) is 0.595. The zero-order valence-corrected chi connectivity index (χ0v) is 12.9. The van der Waals surface area contributed by atoms with Crippen LogP contribution in [0.2, 0.25) is 0 Å². The van der Waals surface area contributed by atoms with Gasteiger partial charge in [0.15, 0.2) is 0 Å². The number of amides is 1. The molecule has 0 unspecified atom stereocenters. The van der Waals surface area contributed by atoms with Gasteiger partial charge in [0.2, 0.25) is 0 Å². The van der Waals surface area contributed by atoms with Crippen molar-refractivity contribution < 1.29 is 9.90 Å². The van der Waals surface area contributed by atoms with Gasteiger partial charge in [-0.2, -0.15) is 5.26 Å². The first kappa shape index (κ1) is 15.5. The van der Waals surface area contributed by atoms with Gasteiger partial charge < -0.3 is 20.2 Å². The van der Waals surface area contributed by atoms with Gasteiger partial charge in [0.05, 0.1) is 24.2 Å². The Bertz CT molecular complexity index is 629. The molecule has 1 atom stereocenters. The number of rotatable bonds is 2. The number of nitrogens with zero attached hydrogens (tertiary/aromatic N) is 5. The maximum atomic E-state index is 11.3. The number of carbonyl (C=O) groups is 1. The normalized spacial score (nSPS) is 21.3. The Kier molecular flexibility index (Phi) is 4.57. The van der Waals surface area contributed by atoms with E-state index < -0.39 is 6.09 Å². The number of piperazine rings is 1. The van der Waals surface area contributed by atoms with E-state index in [1.54, 1.807) is 6.33 Å². The van der Waals surface area contributed by atoms with Crippen molar-refractivity contribution in [3.8, 4) is 6.07 Å². The number of fused-ring (bicyclic) bond motifs is 1. The summed E-state index contributed by atoms with van der Waals surface area (Å²) in [7, 11) is 0. The third-order valence-corrected chi connectivity index (χ3v) is 4.44. The molecule has 1 saturated heterocycles. The molecule has 2 aliphatic heterocycles. The fourth-order valence-corrected chi connectivity index (χ4v) is 3.30. The summed E-state index contributed by atoms with van der Waals surface area (Å²) < 4.78 is 0. The molecule has 122 valence electrons. The van der Waals surface area contributed by atoms with Gasteiger partial charge in [-0.05, 0) is 19.4 Å². The van der Waals surface area contributed by atoms with Gasteiger partial charge in [-0.1, -0.05) is 0 Å². The van der Waals surface area contributed by atoms with E-state index in [4.69, 9.17) is 5.26 Å². The maximum Gasteiger partial charge on any atom is 0.407 e. The summed E-state index contributed by atoms with van der Waals surface area (Å²) >= 11 is 0. The summed E-state index contributed by atoms with van der Waals surface area (Å²) in [6.45, 7) is 3.17. The first-order chi connectivity index (χ1) is 11.2. The number of carboxylic acid groups (broad SMARTS) is 1. The van der Waals surface area contributed by atoms with Crippen molar-refractivity contribution in [1.82, 2.24) is 20.2 Å². The molecule has 1 fully saturated rings. The van der Waals surface area contributed by atoms with Crippen LogP contribution in [0, 0.1) is 11.3 Å². The Morgan fingerprint density at radius 2 is 2.35 bits per heavy atom. The number of hydrogen-bond acceptors (Lipinski definition) is 6. The van der Waals surface area contributed by atoms with Crippen molar-refractivity contribution in [1.29, 1.82) is 5.26 Å². The Labute approximate surface area is 134 Å². The molecular weight excluding hydrogens is 296 g/mol. The quantitative estimate of drug-likeness (QED) is 0.822. The predicted molar refractivity (Wildman–Crippen MR) is 83.0 cm³/mol. The highest BCUT2D eigenvalue weighted by Gasteiger charge is 2.32. The van der Waals surface area contributed by atoms with Crippen molar-refractivity contribution in [3.63, 3.8) is 0 Å². The second-order valence-corrected chi connectivity index (χ2v) is 5.84. The SMILES string of the molecule is N#CC[C@H]1CN(c2ncnc3c2CCCNC3)CCN1C(=O)O. The molecular formula is C15H20N6O2. The monoisotopic (exact) mass is 316 g/mol. The van der Waals surface area contributed by atoms with Crippen molar-refractivity contribution in [2.45, 2.75) is 31.8 Å². The smallest absolute Gasteiger partial charge is 0.407 e. The molecule has 0 bridgehead atoms. The molecule has 0 saturated carbocycles. The van der Waals surface area contributed by atoms with E-state index in [1.807, 2.05) is 0 Å². The maximum absolute atomic E-state index is 11.3. The van der Waals surface area contributed by atoms with Crippen molar-refractivity contribution in [3.05, 3.63) is 17.6 Å². The average Bonchev–Trinajstić information content (AvgIpc) is 2.80. The molecule has 1 amide bonds. The van der Waals surface area contributed by atoms with Crippen LogP contribution in [0.3, 0.4) is 0 Å². The summed E-state index contributed by atoms with van der Waals surface area (Å²) in [6.07, 6.45) is 2.75. The van der Waals surface area contributed by atoms with Gasteiger partial charge in [0.25, 0.3) is 0 Å². The minimum absolute atomic E-state index is 0.192. The van der Waals surface area contributed by atoms with Crippen molar-refractivity contribution >= 4 is 11.9 Å². The largest absolute Gasteiger partial charge is 0.465 e. The molecule has 0 aliphatic carbocycles. The van der Waals surface area contributed by atoms with E-state index in [2.05, 4.69) is 26.3 Å². The Hall–Kier alpha value is -2.40. The minimum atomic E-state index is -0.962. The lowest BCUT2D eigenvalue weighted by atomic mass is 10.1. The summed E-state index contributed by atoms with van der Waals surface area (Å²) in [5.74, 6) is 0.895. The Morgan fingerprint density at radius 1 is 1.48 bits per heavy atom. The molecule has 0 spiro atoms. The third kappa shape index (κ3) is 3.19. The molecule has 8 nitrogen and oxygen atoms in total. The fourth-order valence-electron chi connectivity index (χ4n) is 3.30. The highest BCUT2D eigenvalue weighted by atomic mass is 16.4. The zero-order valence-electron chi connectivity index (χ0n) is 12.9. The van der Waals surface area contributed by atoms with Crippen molar-refractivity contribution in [2.24, 2.45) is 0 Å². The summed E-state index contributed by atoms with van der Waals surface area (Å²) in [5.41, 5.74) is 2.17. The lowest BCUT2D eigenvalue weighted by molar-refractivity contribution is 0.119. The van der Waals surface area contributed by atoms with E-state index in [9.17, 15) is 9.90 Å². The van der Waals surface area contributed by atoms with Crippen LogP contribution in [-0.4, -0.2) is 58.3 Å². The Balaban J connectivity index is 1.85. The molecule has 0 aromatic carbocycles. The number of aromatic nitrogens is 2. The fraction of sp³-hybridized carbons (Fsp3) is 0.600. The number of nitrogens with one attached hydrogen (secondary N) is 1. The second-order valence-electron chi connectivity index (χ2n) is 5.84. The van der Waals surface area contributed by atoms with Crippen LogP contribution in [0.4, 0.5) is 10.6 Å². The van der Waals surface area contributed by atoms with Gasteiger partial charge in [0.1, 0.15) is 12.1 Å². The van der Waals surface area contributed by atoms with E-state index >= 15 is 0 Å². The van der Waals surface area contributed by atoms with Crippen LogP contribution in [0.5, 0.6) is 0 Å². The molecule has 1 aromatic rings. The van der Waals surface area contributed by atoms with E-state index in [-0.39, 0.29) is 12.5 Å². The zero-order chi connectivity index (χ0) is 16.2. The van der Waals surface area contributed by atoms with E-state index in [0.717, 1.165) is 43.0 Å². The standard InChI is InChI=1S/C15H20N6O2/c16-4-3-11-9-20(6-7-21(11)15(22)23)14-12-2-1-5-17-8-13(12)18-10-19-14/h10-11,17H,1-3,5-9H2,(H,22,23)/t11-/m0/s1. The lowest BCUT2D eigenvalue weighted by Crippen LogP contribution is -2.55. The van der Waals surface area contributed by atoms with Gasteiger partial charge in [-0.25, -0.2) is 14.8 Å². The third-order valence-electron chi connectivity index (χ3n) is 4.44. The number of hydrogen-bond donors (Lipinski definition) is 2. The topological polar surface area (TPSA) is 105 Å². The molecule has 3 heterocycles. The number of nitriles is 1. The molecule has 0 radical (unpaired) electrons. The molecule has 8 heteroatoms. The molecule has 23 heavy (non-hydrogen) atoms. The molecule has 3 rings (SSSR count). The van der Waals surface area contributed by atoms with E-state index in [0.29, 0.717) is 19.6 Å². The van der Waals surface area contributed by atoms with Crippen molar-refractivity contribution in [2.75, 3.05) is 31.1 Å². The summed E-state index contributed by atoms with van der Waals surface area (Å²) in [6, 6.07) is 1.77. The summed E-state index contributed by atoms with van der Waals surface area (Å²) in [4.78, 5) is 23.6. The van der Waals surface area contributed by atoms with Crippen LogP contribution < -0.4 is 10.2 Å². The van der Waals surface area contributed by atoms with Gasteiger partial charge in [0, 0.05) is 31.7 Å². The van der Waals surface area contributed by atoms with Gasteiger partial charge >= 0.3 is 6.09 Å². The average molecular weight is 316 g/mol.